The molecule has 0 amide bonds. The van der Waals surface area contributed by atoms with E-state index in [1.165, 1.54) is 0 Å². The van der Waals surface area contributed by atoms with E-state index in [4.69, 9.17) is 0 Å². The summed E-state index contributed by atoms with van der Waals surface area (Å²) in [4.78, 5) is 2.70. The summed E-state index contributed by atoms with van der Waals surface area (Å²) in [7, 11) is -3.14. The van der Waals surface area contributed by atoms with Crippen molar-refractivity contribution in [3.8, 4) is 0 Å². The summed E-state index contributed by atoms with van der Waals surface area (Å²) in [5.41, 5.74) is 1.02. The molecule has 1 saturated heterocycles. The quantitative estimate of drug-likeness (QED) is 0.816. The van der Waals surface area contributed by atoms with Gasteiger partial charge in [0.15, 0.2) is 9.84 Å². The van der Waals surface area contributed by atoms with Gasteiger partial charge in [0.1, 0.15) is 0 Å². The molecule has 1 N–H and O–H groups in total. The second kappa shape index (κ2) is 7.09. The Hall–Kier alpha value is -1.07. The molecule has 0 aliphatic carbocycles. The SMILES string of the molecule is CCCCCS(=O)(=O)c1cccc(N2CCNCC2)c1. The van der Waals surface area contributed by atoms with Crippen molar-refractivity contribution >= 4 is 15.5 Å². The highest BCUT2D eigenvalue weighted by atomic mass is 32.2. The van der Waals surface area contributed by atoms with Crippen LogP contribution in [0, 0.1) is 0 Å². The Morgan fingerprint density at radius 1 is 1.20 bits per heavy atom. The van der Waals surface area contributed by atoms with Gasteiger partial charge in [-0.05, 0) is 24.6 Å². The van der Waals surface area contributed by atoms with Crippen molar-refractivity contribution in [2.75, 3.05) is 36.8 Å². The molecule has 0 saturated carbocycles. The number of hydrogen-bond donors (Lipinski definition) is 1. The normalized spacial score (nSPS) is 16.4. The standard InChI is InChI=1S/C15H24N2O2S/c1-2-3-4-12-20(18,19)15-7-5-6-14(13-15)17-10-8-16-9-11-17/h5-7,13,16H,2-4,8-12H2,1H3. The minimum Gasteiger partial charge on any atom is -0.369 e. The third-order valence-corrected chi connectivity index (χ3v) is 5.47. The number of sulfone groups is 1. The zero-order chi connectivity index (χ0) is 14.4. The Bertz CT molecular complexity index is 522. The third kappa shape index (κ3) is 3.96. The number of hydrogen-bond acceptors (Lipinski definition) is 4. The molecule has 5 heteroatoms. The van der Waals surface area contributed by atoms with E-state index in [1.807, 2.05) is 18.2 Å². The van der Waals surface area contributed by atoms with Crippen LogP contribution in [0.3, 0.4) is 0 Å². The lowest BCUT2D eigenvalue weighted by Gasteiger charge is -2.29. The molecule has 0 spiro atoms. The Labute approximate surface area is 122 Å². The monoisotopic (exact) mass is 296 g/mol. The Kier molecular flexibility index (Phi) is 5.43. The van der Waals surface area contributed by atoms with Gasteiger partial charge in [-0.25, -0.2) is 8.42 Å². The summed E-state index contributed by atoms with van der Waals surface area (Å²) >= 11 is 0. The third-order valence-electron chi connectivity index (χ3n) is 3.68. The molecular weight excluding hydrogens is 272 g/mol. The second-order valence-corrected chi connectivity index (χ2v) is 7.37. The number of rotatable bonds is 6. The van der Waals surface area contributed by atoms with E-state index in [1.54, 1.807) is 6.07 Å². The van der Waals surface area contributed by atoms with E-state index in [-0.39, 0.29) is 5.75 Å². The molecule has 0 radical (unpaired) electrons. The van der Waals surface area contributed by atoms with Gasteiger partial charge in [-0.1, -0.05) is 25.8 Å². The molecule has 0 bridgehead atoms. The van der Waals surface area contributed by atoms with E-state index in [0.29, 0.717) is 4.90 Å². The van der Waals surface area contributed by atoms with Crippen LogP contribution in [0.25, 0.3) is 0 Å². The lowest BCUT2D eigenvalue weighted by molar-refractivity contribution is 0.586. The molecule has 112 valence electrons. The van der Waals surface area contributed by atoms with Crippen molar-refractivity contribution in [2.24, 2.45) is 0 Å². The predicted octanol–water partition coefficient (Wildman–Crippen LogP) is 2.06. The number of anilines is 1. The number of benzene rings is 1. The molecule has 1 fully saturated rings. The highest BCUT2D eigenvalue weighted by Crippen LogP contribution is 2.21. The Morgan fingerprint density at radius 3 is 2.65 bits per heavy atom. The first-order valence-corrected chi connectivity index (χ1v) is 9.07. The molecule has 0 aromatic heterocycles. The van der Waals surface area contributed by atoms with Gasteiger partial charge >= 0.3 is 0 Å². The van der Waals surface area contributed by atoms with Gasteiger partial charge in [0.05, 0.1) is 10.6 Å². The fraction of sp³-hybridized carbons (Fsp3) is 0.600. The molecule has 1 aromatic rings. The van der Waals surface area contributed by atoms with Gasteiger partial charge in [0.2, 0.25) is 0 Å². The summed E-state index contributed by atoms with van der Waals surface area (Å²) in [5, 5.41) is 3.30. The molecule has 0 atom stereocenters. The smallest absolute Gasteiger partial charge is 0.178 e. The summed E-state index contributed by atoms with van der Waals surface area (Å²) in [6, 6.07) is 7.39. The molecule has 1 aliphatic heterocycles. The first kappa shape index (κ1) is 15.3. The fourth-order valence-electron chi connectivity index (χ4n) is 2.46. The average Bonchev–Trinajstić information content (AvgIpc) is 2.48. The predicted molar refractivity (Wildman–Crippen MR) is 83.1 cm³/mol. The summed E-state index contributed by atoms with van der Waals surface area (Å²) in [5.74, 6) is 0.256. The van der Waals surface area contributed by atoms with Crippen molar-refractivity contribution in [1.29, 1.82) is 0 Å². The number of piperazine rings is 1. The van der Waals surface area contributed by atoms with E-state index < -0.39 is 9.84 Å². The van der Waals surface area contributed by atoms with Crippen LogP contribution in [0.15, 0.2) is 29.2 Å². The lowest BCUT2D eigenvalue weighted by Crippen LogP contribution is -2.43. The van der Waals surface area contributed by atoms with E-state index in [9.17, 15) is 8.42 Å². The van der Waals surface area contributed by atoms with Gasteiger partial charge in [0, 0.05) is 31.9 Å². The average molecular weight is 296 g/mol. The zero-order valence-corrected chi connectivity index (χ0v) is 13.0. The van der Waals surface area contributed by atoms with E-state index >= 15 is 0 Å². The van der Waals surface area contributed by atoms with Crippen LogP contribution in [0.5, 0.6) is 0 Å². The van der Waals surface area contributed by atoms with Crippen LogP contribution in [0.2, 0.25) is 0 Å². The van der Waals surface area contributed by atoms with Gasteiger partial charge < -0.3 is 10.2 Å². The minimum absolute atomic E-state index is 0.256. The van der Waals surface area contributed by atoms with Crippen LogP contribution in [-0.2, 0) is 9.84 Å². The number of nitrogens with one attached hydrogen (secondary N) is 1. The molecular formula is C15H24N2O2S. The molecule has 20 heavy (non-hydrogen) atoms. The zero-order valence-electron chi connectivity index (χ0n) is 12.1. The van der Waals surface area contributed by atoms with Crippen LogP contribution in [0.1, 0.15) is 26.2 Å². The first-order valence-electron chi connectivity index (χ1n) is 7.42. The number of nitrogens with zero attached hydrogens (tertiary/aromatic N) is 1. The topological polar surface area (TPSA) is 49.4 Å². The summed E-state index contributed by atoms with van der Waals surface area (Å²) < 4.78 is 24.6. The van der Waals surface area contributed by atoms with Crippen molar-refractivity contribution in [2.45, 2.75) is 31.1 Å². The van der Waals surface area contributed by atoms with Crippen molar-refractivity contribution < 1.29 is 8.42 Å². The second-order valence-electron chi connectivity index (χ2n) is 5.26. The van der Waals surface area contributed by atoms with Gasteiger partial charge in [-0.3, -0.25) is 0 Å². The van der Waals surface area contributed by atoms with Crippen molar-refractivity contribution in [3.63, 3.8) is 0 Å². The minimum atomic E-state index is -3.14. The van der Waals surface area contributed by atoms with Crippen LogP contribution >= 0.6 is 0 Å². The van der Waals surface area contributed by atoms with Gasteiger partial charge in [0.25, 0.3) is 0 Å². The van der Waals surface area contributed by atoms with Crippen molar-refractivity contribution in [1.82, 2.24) is 5.32 Å². The molecule has 1 aromatic carbocycles. The maximum absolute atomic E-state index is 12.3. The Balaban J connectivity index is 2.12. The molecule has 0 unspecified atom stereocenters. The fourth-order valence-corrected chi connectivity index (χ4v) is 3.86. The van der Waals surface area contributed by atoms with Crippen molar-refractivity contribution in [3.05, 3.63) is 24.3 Å². The molecule has 1 aliphatic rings. The van der Waals surface area contributed by atoms with Crippen LogP contribution in [0.4, 0.5) is 5.69 Å². The summed E-state index contributed by atoms with van der Waals surface area (Å²) in [6.45, 7) is 5.84. The van der Waals surface area contributed by atoms with E-state index in [0.717, 1.165) is 51.1 Å². The van der Waals surface area contributed by atoms with Crippen LogP contribution < -0.4 is 10.2 Å². The summed E-state index contributed by atoms with van der Waals surface area (Å²) in [6.07, 6.45) is 2.75. The number of unbranched alkanes of at least 4 members (excludes halogenated alkanes) is 2. The maximum Gasteiger partial charge on any atom is 0.178 e. The molecule has 2 rings (SSSR count). The molecule has 1 heterocycles. The first-order chi connectivity index (χ1) is 9.63. The lowest BCUT2D eigenvalue weighted by atomic mass is 10.2. The maximum atomic E-state index is 12.3. The van der Waals surface area contributed by atoms with Gasteiger partial charge in [-0.2, -0.15) is 0 Å². The van der Waals surface area contributed by atoms with Crippen LogP contribution in [-0.4, -0.2) is 40.3 Å². The highest BCUT2D eigenvalue weighted by molar-refractivity contribution is 7.91. The van der Waals surface area contributed by atoms with Gasteiger partial charge in [-0.15, -0.1) is 0 Å². The van der Waals surface area contributed by atoms with E-state index in [2.05, 4.69) is 17.1 Å². The molecule has 4 nitrogen and oxygen atoms in total. The Morgan fingerprint density at radius 2 is 1.95 bits per heavy atom. The largest absolute Gasteiger partial charge is 0.369 e. The highest BCUT2D eigenvalue weighted by Gasteiger charge is 2.16.